The molecule has 4 heteroatoms. The van der Waals surface area contributed by atoms with Crippen molar-refractivity contribution in [2.24, 2.45) is 0 Å². The molecular weight excluding hydrogens is 476 g/mol. The van der Waals surface area contributed by atoms with E-state index in [0.29, 0.717) is 0 Å². The number of allylic oxidation sites excluding steroid dienone is 8. The molecule has 4 aliphatic rings. The van der Waals surface area contributed by atoms with Crippen molar-refractivity contribution < 1.29 is 53.1 Å². The Bertz CT molecular complexity index is 484. The Morgan fingerprint density at radius 1 is 0.792 bits per heavy atom. The Morgan fingerprint density at radius 2 is 1.17 bits per heavy atom. The van der Waals surface area contributed by atoms with Gasteiger partial charge in [0, 0.05) is 0 Å². The third kappa shape index (κ3) is 8.80. The minimum Gasteiger partial charge on any atom is -1.00 e. The quantitative estimate of drug-likeness (QED) is 0.324. The first-order valence-electron chi connectivity index (χ1n) is 8.64. The van der Waals surface area contributed by atoms with Crippen LogP contribution in [0.4, 0.5) is 0 Å². The summed E-state index contributed by atoms with van der Waals surface area (Å²) in [6.45, 7) is 4.54. The first-order chi connectivity index (χ1) is 10.7. The SMILES string of the molecule is C1=C2[CH-]CC=C2CCC1.C1=C2[CH-]CC=C2CCC1.C[Si](C)=[Ti+2].[Br-].[Br-]. The summed E-state index contributed by atoms with van der Waals surface area (Å²) < 4.78 is 0. The average Bonchev–Trinajstić information content (AvgIpc) is 3.16. The van der Waals surface area contributed by atoms with Gasteiger partial charge in [-0.3, -0.25) is 0 Å². The second kappa shape index (κ2) is 13.7. The molecule has 0 N–H and O–H groups in total. The van der Waals surface area contributed by atoms with Gasteiger partial charge in [-0.15, -0.1) is 12.2 Å². The van der Waals surface area contributed by atoms with Gasteiger partial charge in [0.25, 0.3) is 0 Å². The normalized spacial score (nSPS) is 19.2. The van der Waals surface area contributed by atoms with E-state index in [2.05, 4.69) is 69.4 Å². The molecule has 0 aromatic heterocycles. The van der Waals surface area contributed by atoms with Gasteiger partial charge in [0.15, 0.2) is 0 Å². The maximum atomic E-state index is 2.36. The number of hydrogen-bond donors (Lipinski definition) is 0. The molecule has 0 spiro atoms. The molecule has 0 saturated heterocycles. The molecule has 4 aliphatic carbocycles. The Labute approximate surface area is 182 Å². The standard InChI is InChI=1S/2C9H11.C2H6Si.2BrH.Ti/c2*1-2-5-9-7-3-6-8(9)4-1;1-3-2;;;/h2*4,6-7H,1-3,5H2;1-2H3;2*1H;/q2*-1;;;;+2/p-2. The third-order valence-electron chi connectivity index (χ3n) is 4.17. The van der Waals surface area contributed by atoms with E-state index in [-0.39, 0.29) is 40.1 Å². The number of hydrogen-bond acceptors (Lipinski definition) is 0. The van der Waals surface area contributed by atoms with Gasteiger partial charge < -0.3 is 34.0 Å². The van der Waals surface area contributed by atoms with E-state index in [0.717, 1.165) is 0 Å². The average molecular weight is 504 g/mol. The van der Waals surface area contributed by atoms with Gasteiger partial charge in [-0.2, -0.15) is 47.3 Å². The zero-order chi connectivity index (χ0) is 15.8. The fraction of sp³-hybridized carbons (Fsp3) is 0.500. The molecule has 132 valence electrons. The molecule has 4 rings (SSSR count). The van der Waals surface area contributed by atoms with Crippen LogP contribution < -0.4 is 34.0 Å². The Balaban J connectivity index is 0.000000341. The molecule has 0 nitrogen and oxygen atoms in total. The minimum absolute atomic E-state index is 0. The van der Waals surface area contributed by atoms with Crippen molar-refractivity contribution in [3.8, 4) is 0 Å². The molecule has 24 heavy (non-hydrogen) atoms. The maximum absolute atomic E-state index is 2.36. The van der Waals surface area contributed by atoms with E-state index >= 15 is 0 Å². The van der Waals surface area contributed by atoms with Crippen molar-refractivity contribution >= 4 is 6.19 Å². The molecule has 0 unspecified atom stereocenters. The van der Waals surface area contributed by atoms with E-state index in [4.69, 9.17) is 0 Å². The zero-order valence-electron chi connectivity index (χ0n) is 14.9. The number of fused-ring (bicyclic) bond motifs is 2. The molecule has 0 bridgehead atoms. The van der Waals surface area contributed by atoms with Crippen molar-refractivity contribution in [2.45, 2.75) is 64.5 Å². The van der Waals surface area contributed by atoms with Crippen LogP contribution in [0.1, 0.15) is 51.4 Å². The van der Waals surface area contributed by atoms with Crippen LogP contribution in [0.2, 0.25) is 13.1 Å². The van der Waals surface area contributed by atoms with Gasteiger partial charge >= 0.3 is 38.5 Å². The maximum Gasteiger partial charge on any atom is -1.00 e. The van der Waals surface area contributed by atoms with Crippen LogP contribution in [0.5, 0.6) is 0 Å². The second-order valence-corrected chi connectivity index (χ2v) is 13.1. The molecule has 0 aliphatic heterocycles. The van der Waals surface area contributed by atoms with E-state index in [9.17, 15) is 0 Å². The third-order valence-corrected chi connectivity index (χ3v) is 4.17. The number of rotatable bonds is 0. The first-order valence-corrected chi connectivity index (χ1v) is 13.5. The molecular formula is C20H28Br2SiTi-2. The first kappa shape index (κ1) is 24.6. The predicted molar refractivity (Wildman–Crippen MR) is 95.4 cm³/mol. The number of halogens is 2. The van der Waals surface area contributed by atoms with Crippen molar-refractivity contribution in [3.05, 3.63) is 59.4 Å². The molecule has 0 aromatic rings. The van der Waals surface area contributed by atoms with Crippen molar-refractivity contribution in [1.29, 1.82) is 0 Å². The van der Waals surface area contributed by atoms with Crippen LogP contribution >= 0.6 is 0 Å². The molecule has 0 fully saturated rings. The largest absolute Gasteiger partial charge is 1.00 e. The molecule has 0 amide bonds. The van der Waals surface area contributed by atoms with Crippen molar-refractivity contribution in [1.82, 2.24) is 0 Å². The fourth-order valence-electron chi connectivity index (χ4n) is 3.18. The van der Waals surface area contributed by atoms with E-state index in [1.807, 2.05) is 0 Å². The smallest absolute Gasteiger partial charge is 1.00 e. The van der Waals surface area contributed by atoms with Gasteiger partial charge in [-0.05, 0) is 0 Å². The van der Waals surface area contributed by atoms with Gasteiger partial charge in [-0.1, -0.05) is 51.4 Å². The second-order valence-electron chi connectivity index (χ2n) is 6.44. The summed E-state index contributed by atoms with van der Waals surface area (Å²) in [5.74, 6) is 0. The summed E-state index contributed by atoms with van der Waals surface area (Å²) in [6.07, 6.45) is 24.5. The zero-order valence-corrected chi connectivity index (χ0v) is 20.6. The molecule has 0 radical (unpaired) electrons. The fourth-order valence-corrected chi connectivity index (χ4v) is 3.18. The van der Waals surface area contributed by atoms with Gasteiger partial charge in [-0.25, -0.2) is 0 Å². The van der Waals surface area contributed by atoms with E-state index in [1.165, 1.54) is 62.5 Å². The summed E-state index contributed by atoms with van der Waals surface area (Å²) >= 11 is 2.27. The summed E-state index contributed by atoms with van der Waals surface area (Å²) in [5, 5.41) is 0. The van der Waals surface area contributed by atoms with Crippen LogP contribution in [-0.4, -0.2) is 6.19 Å². The minimum atomic E-state index is 0. The van der Waals surface area contributed by atoms with Crippen LogP contribution in [0.15, 0.2) is 46.6 Å². The summed E-state index contributed by atoms with van der Waals surface area (Å²) in [6, 6.07) is 0. The van der Waals surface area contributed by atoms with Gasteiger partial charge in [0.2, 0.25) is 0 Å². The van der Waals surface area contributed by atoms with Crippen LogP contribution in [-0.2, 0) is 19.2 Å². The van der Waals surface area contributed by atoms with E-state index < -0.39 is 0 Å². The summed E-state index contributed by atoms with van der Waals surface area (Å²) in [7, 11) is 0. The molecule has 0 aromatic carbocycles. The summed E-state index contributed by atoms with van der Waals surface area (Å²) in [4.78, 5) is 0. The van der Waals surface area contributed by atoms with Gasteiger partial charge in [0.05, 0.1) is 0 Å². The molecule has 0 heterocycles. The van der Waals surface area contributed by atoms with Gasteiger partial charge in [0.1, 0.15) is 0 Å². The molecule has 0 atom stereocenters. The Morgan fingerprint density at radius 3 is 1.50 bits per heavy atom. The van der Waals surface area contributed by atoms with Crippen molar-refractivity contribution in [3.63, 3.8) is 0 Å². The predicted octanol–water partition coefficient (Wildman–Crippen LogP) is 0.0545. The Hall–Kier alpha value is 0.591. The summed E-state index contributed by atoms with van der Waals surface area (Å²) in [5.41, 5.74) is 6.25. The Kier molecular flexibility index (Phi) is 14.1. The van der Waals surface area contributed by atoms with Crippen molar-refractivity contribution in [2.75, 3.05) is 0 Å². The van der Waals surface area contributed by atoms with E-state index in [1.54, 1.807) is 11.1 Å². The van der Waals surface area contributed by atoms with Crippen LogP contribution in [0, 0.1) is 12.8 Å². The topological polar surface area (TPSA) is 0 Å². The monoisotopic (exact) mass is 502 g/mol. The molecule has 0 saturated carbocycles. The van der Waals surface area contributed by atoms with Crippen LogP contribution in [0.25, 0.3) is 0 Å². The van der Waals surface area contributed by atoms with Crippen LogP contribution in [0.3, 0.4) is 0 Å².